The quantitative estimate of drug-likeness (QED) is 0.871. The molecule has 4 heteroatoms. The topological polar surface area (TPSA) is 32.1 Å². The van der Waals surface area contributed by atoms with Crippen LogP contribution in [0.3, 0.4) is 0 Å². The molecule has 1 unspecified atom stereocenters. The van der Waals surface area contributed by atoms with Gasteiger partial charge in [0.1, 0.15) is 11.8 Å². The highest BCUT2D eigenvalue weighted by atomic mass is 16.7. The van der Waals surface area contributed by atoms with Gasteiger partial charge in [0.05, 0.1) is 20.7 Å². The zero-order valence-electron chi connectivity index (χ0n) is 13.4. The lowest BCUT2D eigenvalue weighted by molar-refractivity contribution is -0.914. The number of rotatable bonds is 1. The molecular formula is C19H20NO3+. The Hall–Kier alpha value is -2.20. The fourth-order valence-electron chi connectivity index (χ4n) is 4.32. The molecule has 0 spiro atoms. The molecule has 3 aliphatic rings. The SMILES string of the molecule is COc1ccc2c(c1)-c1c3c(cc4c1[C@H](C2)[NH+](C)CC4)OCO3. The van der Waals surface area contributed by atoms with Crippen LogP contribution in [0.25, 0.3) is 11.1 Å². The number of quaternary nitrogens is 1. The second-order valence-electron chi connectivity index (χ2n) is 6.68. The van der Waals surface area contributed by atoms with Crippen molar-refractivity contribution < 1.29 is 19.1 Å². The molecule has 0 amide bonds. The summed E-state index contributed by atoms with van der Waals surface area (Å²) in [7, 11) is 4.02. The summed E-state index contributed by atoms with van der Waals surface area (Å²) in [6.45, 7) is 1.49. The largest absolute Gasteiger partial charge is 0.497 e. The van der Waals surface area contributed by atoms with E-state index in [-0.39, 0.29) is 0 Å². The second-order valence-corrected chi connectivity index (χ2v) is 6.68. The number of benzene rings is 2. The first-order chi connectivity index (χ1) is 11.3. The molecule has 5 rings (SSSR count). The van der Waals surface area contributed by atoms with E-state index in [1.165, 1.54) is 34.4 Å². The van der Waals surface area contributed by atoms with Crippen molar-refractivity contribution in [2.24, 2.45) is 0 Å². The molecule has 4 nitrogen and oxygen atoms in total. The summed E-state index contributed by atoms with van der Waals surface area (Å²) in [5.41, 5.74) is 6.74. The van der Waals surface area contributed by atoms with Gasteiger partial charge in [-0.1, -0.05) is 6.07 Å². The third kappa shape index (κ3) is 1.75. The van der Waals surface area contributed by atoms with Gasteiger partial charge in [-0.25, -0.2) is 0 Å². The first kappa shape index (κ1) is 13.3. The van der Waals surface area contributed by atoms with E-state index in [0.717, 1.165) is 30.1 Å². The molecule has 2 heterocycles. The average molecular weight is 310 g/mol. The lowest BCUT2D eigenvalue weighted by atomic mass is 9.76. The van der Waals surface area contributed by atoms with Gasteiger partial charge < -0.3 is 19.1 Å². The Morgan fingerprint density at radius 1 is 1.17 bits per heavy atom. The minimum absolute atomic E-state index is 0.317. The van der Waals surface area contributed by atoms with Gasteiger partial charge in [0.2, 0.25) is 6.79 Å². The third-order valence-electron chi connectivity index (χ3n) is 5.53. The number of nitrogens with one attached hydrogen (secondary N) is 1. The van der Waals surface area contributed by atoms with Crippen LogP contribution in [0.4, 0.5) is 0 Å². The van der Waals surface area contributed by atoms with E-state index in [1.807, 2.05) is 0 Å². The van der Waals surface area contributed by atoms with Crippen LogP contribution in [-0.2, 0) is 12.8 Å². The van der Waals surface area contributed by atoms with Crippen molar-refractivity contribution in [3.63, 3.8) is 0 Å². The van der Waals surface area contributed by atoms with Crippen molar-refractivity contribution in [2.75, 3.05) is 27.5 Å². The number of hydrogen-bond donors (Lipinski definition) is 1. The van der Waals surface area contributed by atoms with E-state index in [2.05, 4.69) is 31.3 Å². The molecule has 2 aromatic rings. The number of likely N-dealkylation sites (N-methyl/N-ethyl adjacent to an activating group) is 1. The number of methoxy groups -OCH3 is 1. The first-order valence-electron chi connectivity index (χ1n) is 8.21. The summed E-state index contributed by atoms with van der Waals surface area (Å²) >= 11 is 0. The first-order valence-corrected chi connectivity index (χ1v) is 8.21. The van der Waals surface area contributed by atoms with E-state index < -0.39 is 0 Å². The summed E-state index contributed by atoms with van der Waals surface area (Å²) < 4.78 is 17.0. The van der Waals surface area contributed by atoms with E-state index in [9.17, 15) is 0 Å². The lowest BCUT2D eigenvalue weighted by Crippen LogP contribution is -3.10. The van der Waals surface area contributed by atoms with Crippen LogP contribution in [0.2, 0.25) is 0 Å². The molecule has 0 saturated heterocycles. The Morgan fingerprint density at radius 2 is 2.09 bits per heavy atom. The Balaban J connectivity index is 1.85. The smallest absolute Gasteiger partial charge is 0.231 e. The van der Waals surface area contributed by atoms with Crippen LogP contribution in [0.15, 0.2) is 24.3 Å². The van der Waals surface area contributed by atoms with Gasteiger partial charge in [0, 0.05) is 24.0 Å². The van der Waals surface area contributed by atoms with Crippen molar-refractivity contribution >= 4 is 0 Å². The van der Waals surface area contributed by atoms with Gasteiger partial charge >= 0.3 is 0 Å². The van der Waals surface area contributed by atoms with Crippen molar-refractivity contribution in [2.45, 2.75) is 18.9 Å². The summed E-state index contributed by atoms with van der Waals surface area (Å²) in [6, 6.07) is 9.11. The van der Waals surface area contributed by atoms with Crippen LogP contribution in [0.1, 0.15) is 22.7 Å². The fraction of sp³-hybridized carbons (Fsp3) is 0.368. The van der Waals surface area contributed by atoms with E-state index in [1.54, 1.807) is 12.0 Å². The molecule has 0 saturated carbocycles. The van der Waals surface area contributed by atoms with Crippen LogP contribution >= 0.6 is 0 Å². The van der Waals surface area contributed by atoms with Gasteiger partial charge in [0.15, 0.2) is 11.5 Å². The van der Waals surface area contributed by atoms with Crippen molar-refractivity contribution in [3.05, 3.63) is 41.0 Å². The minimum atomic E-state index is 0.317. The summed E-state index contributed by atoms with van der Waals surface area (Å²) in [5, 5.41) is 0. The highest BCUT2D eigenvalue weighted by molar-refractivity contribution is 5.84. The molecule has 0 bridgehead atoms. The predicted molar refractivity (Wildman–Crippen MR) is 86.5 cm³/mol. The van der Waals surface area contributed by atoms with Gasteiger partial charge in [-0.2, -0.15) is 0 Å². The van der Waals surface area contributed by atoms with E-state index in [4.69, 9.17) is 14.2 Å². The fourth-order valence-corrected chi connectivity index (χ4v) is 4.32. The second kappa shape index (κ2) is 4.65. The van der Waals surface area contributed by atoms with Crippen molar-refractivity contribution in [1.82, 2.24) is 0 Å². The number of ether oxygens (including phenoxy) is 3. The van der Waals surface area contributed by atoms with Crippen LogP contribution in [0, 0.1) is 0 Å². The van der Waals surface area contributed by atoms with Gasteiger partial charge in [0.25, 0.3) is 0 Å². The van der Waals surface area contributed by atoms with Gasteiger partial charge in [-0.15, -0.1) is 0 Å². The van der Waals surface area contributed by atoms with E-state index >= 15 is 0 Å². The normalized spacial score (nSPS) is 23.2. The van der Waals surface area contributed by atoms with Gasteiger partial charge in [-0.05, 0) is 34.9 Å². The van der Waals surface area contributed by atoms with E-state index in [0.29, 0.717) is 12.8 Å². The molecule has 1 N–H and O–H groups in total. The molecular weight excluding hydrogens is 290 g/mol. The molecule has 118 valence electrons. The molecule has 0 fully saturated rings. The zero-order chi connectivity index (χ0) is 15.6. The molecule has 0 radical (unpaired) electrons. The Bertz CT molecular complexity index is 815. The highest BCUT2D eigenvalue weighted by Gasteiger charge is 2.39. The minimum Gasteiger partial charge on any atom is -0.497 e. The Labute approximate surface area is 135 Å². The molecule has 1 aliphatic carbocycles. The Morgan fingerprint density at radius 3 is 2.96 bits per heavy atom. The maximum Gasteiger partial charge on any atom is 0.231 e. The third-order valence-corrected chi connectivity index (χ3v) is 5.53. The predicted octanol–water partition coefficient (Wildman–Crippen LogP) is 1.76. The molecule has 0 aromatic heterocycles. The standard InChI is InChI=1S/C19H19NO3/c1-20-6-5-12-8-16-19(23-10-22-16)18-14-9-13(21-2)4-3-11(14)7-15(20)17(12)18/h3-4,8-9,15H,5-7,10H2,1-2H3/p+1/t15-/m0/s1. The maximum absolute atomic E-state index is 5.86. The molecule has 2 aliphatic heterocycles. The number of fused-ring (bicyclic) bond motifs is 4. The molecule has 2 atom stereocenters. The monoisotopic (exact) mass is 310 g/mol. The van der Waals surface area contributed by atoms with Crippen molar-refractivity contribution in [3.8, 4) is 28.4 Å². The zero-order valence-corrected chi connectivity index (χ0v) is 13.4. The van der Waals surface area contributed by atoms with Crippen molar-refractivity contribution in [1.29, 1.82) is 0 Å². The summed E-state index contributed by atoms with van der Waals surface area (Å²) in [6.07, 6.45) is 2.17. The van der Waals surface area contributed by atoms with Crippen LogP contribution in [-0.4, -0.2) is 27.5 Å². The summed E-state index contributed by atoms with van der Waals surface area (Å²) in [4.78, 5) is 1.58. The maximum atomic E-state index is 5.86. The number of hydrogen-bond acceptors (Lipinski definition) is 3. The van der Waals surface area contributed by atoms with Gasteiger partial charge in [-0.3, -0.25) is 0 Å². The van der Waals surface area contributed by atoms with Crippen LogP contribution < -0.4 is 19.1 Å². The lowest BCUT2D eigenvalue weighted by Gasteiger charge is -2.37. The molecule has 2 aromatic carbocycles. The van der Waals surface area contributed by atoms with Crippen LogP contribution in [0.5, 0.6) is 17.2 Å². The average Bonchev–Trinajstić information content (AvgIpc) is 3.05. The Kier molecular flexibility index (Phi) is 2.68. The summed E-state index contributed by atoms with van der Waals surface area (Å²) in [5.74, 6) is 2.70. The molecule has 23 heavy (non-hydrogen) atoms. The highest BCUT2D eigenvalue weighted by Crippen LogP contribution is 2.51.